The van der Waals surface area contributed by atoms with E-state index in [9.17, 15) is 0 Å². The Morgan fingerprint density at radius 2 is 0.441 bits per heavy atom. The first-order chi connectivity index (χ1) is 56.3. The van der Waals surface area contributed by atoms with Gasteiger partial charge in [-0.05, 0) is 230 Å². The van der Waals surface area contributed by atoms with Crippen LogP contribution in [0.3, 0.4) is 0 Å². The molecule has 0 saturated carbocycles. The first kappa shape index (κ1) is 78.6. The monoisotopic (exact) mass is 1580 g/mol. The number of imide groups is 2. The highest BCUT2D eigenvalue weighted by Gasteiger charge is 2.44. The van der Waals surface area contributed by atoms with Crippen molar-refractivity contribution in [2.24, 2.45) is 0 Å². The number of nitrogens with zero attached hydrogens (tertiary/aromatic N) is 6. The van der Waals surface area contributed by atoms with Crippen molar-refractivity contribution in [2.75, 3.05) is 62.2 Å². The molecule has 0 spiro atoms. The van der Waals surface area contributed by atoms with Gasteiger partial charge < -0.3 is 38.5 Å². The Labute approximate surface area is 689 Å². The standard InChI is InChI=1S/C100H102N6O12/c1-97(2,3)63-25-33-69(34-26-63)115-77-55-73-81-74(94(112)105(93(73)111)67-51-59(89(107)101-41-17-13-18-42-101)49-60(52-67)90(108)102-43-19-14-20-44-102)57-79(117-71-37-29-65(30-38-71)99(7,8)9)85-86-80(118-72-39-31-66(32-40-72)100(10,11)12)58-76-82-75(56-78(84(88(82)86)83(77)87(81)85)116-70-35-27-64(28-36-70)98(4,5)6)95(113)106(96(76)114)68-53-61(91(109)103-45-21-15-22-46-103)50-62(54-68)92(110)104-47-23-16-24-48-104/h25-40,49-58H,13-24,41-48H2,1-12H3. The number of ether oxygens (including phenoxy) is 4. The van der Waals surface area contributed by atoms with Gasteiger partial charge >= 0.3 is 0 Å². The molecule has 17 rings (SSSR count). The molecule has 4 fully saturated rings. The van der Waals surface area contributed by atoms with Crippen LogP contribution in [-0.4, -0.2) is 119 Å². The Bertz CT molecular complexity index is 5230. The maximum absolute atomic E-state index is 16.9. The highest BCUT2D eigenvalue weighted by atomic mass is 16.5. The van der Waals surface area contributed by atoms with Crippen LogP contribution in [0.2, 0.25) is 0 Å². The van der Waals surface area contributed by atoms with E-state index in [1.807, 2.05) is 97.1 Å². The summed E-state index contributed by atoms with van der Waals surface area (Å²) in [6, 6.07) is 46.7. The molecule has 11 aromatic rings. The number of anilines is 2. The van der Waals surface area contributed by atoms with Crippen molar-refractivity contribution < 1.29 is 57.3 Å². The summed E-state index contributed by atoms with van der Waals surface area (Å²) in [5.74, 6) is -2.60. The van der Waals surface area contributed by atoms with Crippen molar-refractivity contribution in [2.45, 2.75) is 182 Å². The summed E-state index contributed by atoms with van der Waals surface area (Å²) in [6.45, 7) is 29.4. The summed E-state index contributed by atoms with van der Waals surface area (Å²) in [6.07, 6.45) is 10.2. The van der Waals surface area contributed by atoms with Gasteiger partial charge in [-0.15, -0.1) is 0 Å². The summed E-state index contributed by atoms with van der Waals surface area (Å²) in [7, 11) is 0. The summed E-state index contributed by atoms with van der Waals surface area (Å²) in [4.78, 5) is 137. The van der Waals surface area contributed by atoms with Crippen molar-refractivity contribution in [1.82, 2.24) is 19.6 Å². The van der Waals surface area contributed by atoms with E-state index in [1.165, 1.54) is 0 Å². The molecule has 604 valence electrons. The maximum Gasteiger partial charge on any atom is 0.266 e. The average molecular weight is 1580 g/mol. The number of hydrogen-bond donors (Lipinski definition) is 0. The number of fused-ring (bicyclic) bond motifs is 2. The second kappa shape index (κ2) is 30.2. The third-order valence-corrected chi connectivity index (χ3v) is 24.6. The van der Waals surface area contributed by atoms with Crippen molar-refractivity contribution >= 4 is 102 Å². The highest BCUT2D eigenvalue weighted by molar-refractivity contribution is 6.48. The minimum Gasteiger partial charge on any atom is -0.457 e. The van der Waals surface area contributed by atoms with Crippen molar-refractivity contribution in [3.05, 3.63) is 224 Å². The molecule has 4 saturated heterocycles. The molecule has 0 aromatic heterocycles. The zero-order valence-electron chi connectivity index (χ0n) is 69.7. The molecule has 18 nitrogen and oxygen atoms in total. The van der Waals surface area contributed by atoms with Crippen LogP contribution in [0, 0.1) is 0 Å². The number of carbonyl (C=O) groups is 8. The molecule has 18 heteroatoms. The number of carbonyl (C=O) groups excluding carboxylic acids is 8. The highest BCUT2D eigenvalue weighted by Crippen LogP contribution is 2.59. The lowest BCUT2D eigenvalue weighted by molar-refractivity contribution is 0.0708. The van der Waals surface area contributed by atoms with Crippen LogP contribution in [0.5, 0.6) is 46.0 Å². The molecule has 0 aliphatic carbocycles. The molecule has 0 unspecified atom stereocenters. The lowest BCUT2D eigenvalue weighted by Gasteiger charge is -2.33. The van der Waals surface area contributed by atoms with E-state index in [4.69, 9.17) is 18.9 Å². The second-order valence-electron chi connectivity index (χ2n) is 37.0. The largest absolute Gasteiger partial charge is 0.457 e. The quantitative estimate of drug-likeness (QED) is 0.0569. The molecule has 118 heavy (non-hydrogen) atoms. The fourth-order valence-electron chi connectivity index (χ4n) is 18.0. The van der Waals surface area contributed by atoms with Crippen LogP contribution in [-0.2, 0) is 21.7 Å². The number of hydrogen-bond acceptors (Lipinski definition) is 12. The van der Waals surface area contributed by atoms with Crippen molar-refractivity contribution in [1.29, 1.82) is 0 Å². The van der Waals surface area contributed by atoms with Gasteiger partial charge in [-0.1, -0.05) is 132 Å². The Morgan fingerprint density at radius 3 is 0.627 bits per heavy atom. The predicted octanol–water partition coefficient (Wildman–Crippen LogP) is 22.2. The van der Waals surface area contributed by atoms with Crippen molar-refractivity contribution in [3.63, 3.8) is 0 Å². The molecule has 11 aromatic carbocycles. The zero-order chi connectivity index (χ0) is 82.8. The fourth-order valence-corrected chi connectivity index (χ4v) is 18.0. The SMILES string of the molecule is CC(C)(C)c1ccc(Oc2cc3c4c(cc(Oc5ccc(C(C)(C)C)cc5)c5c6c(Oc7ccc(C(C)(C)C)cc7)cc7c8c(cc(Oc9ccc(C(C)(C)C)cc9)c(c2c45)c86)C(=O)N(c2cc(C(=O)N4CCCCC4)cc(C(=O)N4CCCCC4)c2)C7=O)C(=O)N(c2cc(C(=O)N4CCCCC4)cc(C(=O)N4CCCCC4)c2)C3=O)cc1. The van der Waals surface area contributed by atoms with Crippen LogP contribution in [0.1, 0.15) is 265 Å². The molecular formula is C100H102N6O12. The average Bonchev–Trinajstić information content (AvgIpc) is 0.669. The zero-order valence-corrected chi connectivity index (χ0v) is 69.7. The van der Waals surface area contributed by atoms with Gasteiger partial charge in [-0.2, -0.15) is 0 Å². The predicted molar refractivity (Wildman–Crippen MR) is 463 cm³/mol. The lowest BCUT2D eigenvalue weighted by Crippen LogP contribution is -2.42. The third-order valence-electron chi connectivity index (χ3n) is 24.6. The van der Waals surface area contributed by atoms with Crippen LogP contribution in [0.25, 0.3) is 43.1 Å². The van der Waals surface area contributed by atoms with Gasteiger partial charge in [0, 0.05) is 118 Å². The lowest BCUT2D eigenvalue weighted by atomic mass is 9.80. The topological polar surface area (TPSA) is 193 Å². The van der Waals surface area contributed by atoms with Crippen LogP contribution in [0.4, 0.5) is 11.4 Å². The van der Waals surface area contributed by atoms with Gasteiger partial charge in [0.05, 0.1) is 33.6 Å². The van der Waals surface area contributed by atoms with Gasteiger partial charge in [-0.3, -0.25) is 38.4 Å². The van der Waals surface area contributed by atoms with E-state index in [0.717, 1.165) is 109 Å². The maximum atomic E-state index is 16.9. The Morgan fingerprint density at radius 1 is 0.246 bits per heavy atom. The Hall–Kier alpha value is -11.9. The molecular weight excluding hydrogens is 1480 g/mol. The number of likely N-dealkylation sites (tertiary alicyclic amines) is 4. The molecule has 6 aliphatic heterocycles. The van der Waals surface area contributed by atoms with E-state index in [0.29, 0.717) is 108 Å². The Kier molecular flexibility index (Phi) is 20.1. The summed E-state index contributed by atoms with van der Waals surface area (Å²) >= 11 is 0. The van der Waals surface area contributed by atoms with E-state index in [1.54, 1.807) is 80.3 Å². The van der Waals surface area contributed by atoms with Gasteiger partial charge in [0.15, 0.2) is 0 Å². The number of amides is 8. The fraction of sp³-hybridized carbons (Fsp3) is 0.360. The van der Waals surface area contributed by atoms with E-state index in [2.05, 4.69) is 83.1 Å². The van der Waals surface area contributed by atoms with Crippen LogP contribution < -0.4 is 28.7 Å². The van der Waals surface area contributed by atoms with E-state index in [-0.39, 0.29) is 135 Å². The number of rotatable bonds is 14. The van der Waals surface area contributed by atoms with E-state index < -0.39 is 23.6 Å². The van der Waals surface area contributed by atoms with Crippen LogP contribution >= 0.6 is 0 Å². The molecule has 6 heterocycles. The summed E-state index contributed by atoms with van der Waals surface area (Å²) in [5.41, 5.74) is 3.65. The molecule has 6 aliphatic rings. The third kappa shape index (κ3) is 14.5. The minimum absolute atomic E-state index is 0.0113. The molecule has 0 bridgehead atoms. The van der Waals surface area contributed by atoms with E-state index >= 15 is 38.4 Å². The van der Waals surface area contributed by atoms with Crippen molar-refractivity contribution in [3.8, 4) is 46.0 Å². The van der Waals surface area contributed by atoms with Gasteiger partial charge in [0.25, 0.3) is 47.3 Å². The number of piperidine rings is 4. The summed E-state index contributed by atoms with van der Waals surface area (Å²) in [5, 5.41) is 2.16. The molecule has 0 atom stereocenters. The smallest absolute Gasteiger partial charge is 0.266 e. The molecule has 8 amide bonds. The Balaban J connectivity index is 1.000. The first-order valence-corrected chi connectivity index (χ1v) is 42.1. The van der Waals surface area contributed by atoms with Gasteiger partial charge in [0.2, 0.25) is 0 Å². The molecule has 0 N–H and O–H groups in total. The first-order valence-electron chi connectivity index (χ1n) is 42.1. The van der Waals surface area contributed by atoms with Gasteiger partial charge in [0.1, 0.15) is 46.0 Å². The van der Waals surface area contributed by atoms with Gasteiger partial charge in [-0.25, -0.2) is 9.80 Å². The minimum atomic E-state index is -0.783. The van der Waals surface area contributed by atoms with Crippen LogP contribution in [0.15, 0.2) is 158 Å². The second-order valence-corrected chi connectivity index (χ2v) is 37.0. The number of benzene rings is 11. The molecule has 0 radical (unpaired) electrons. The normalized spacial score (nSPS) is 16.4. The summed E-state index contributed by atoms with van der Waals surface area (Å²) < 4.78 is 29.9.